The van der Waals surface area contributed by atoms with Gasteiger partial charge in [-0.3, -0.25) is 9.48 Å². The van der Waals surface area contributed by atoms with Gasteiger partial charge in [-0.25, -0.2) is 0 Å². The number of halogens is 1. The van der Waals surface area contributed by atoms with Crippen molar-refractivity contribution in [1.82, 2.24) is 19.7 Å². The quantitative estimate of drug-likeness (QED) is 0.718. The molecule has 0 saturated carbocycles. The van der Waals surface area contributed by atoms with Gasteiger partial charge in [0.2, 0.25) is 5.91 Å². The molecule has 1 atom stereocenters. The van der Waals surface area contributed by atoms with Gasteiger partial charge in [-0.2, -0.15) is 5.10 Å². The molecule has 1 unspecified atom stereocenters. The lowest BCUT2D eigenvalue weighted by Gasteiger charge is -2.16. The SMILES string of the molecule is Cc1nn(C)c(C)c1C(C)NC(=O)Cn1c(C)c(Br)c2ccccc21. The Morgan fingerprint density at radius 1 is 1.24 bits per heavy atom. The summed E-state index contributed by atoms with van der Waals surface area (Å²) in [5.41, 5.74) is 5.24. The molecule has 0 bridgehead atoms. The van der Waals surface area contributed by atoms with E-state index in [2.05, 4.69) is 32.4 Å². The minimum atomic E-state index is -0.0771. The van der Waals surface area contributed by atoms with Gasteiger partial charge in [0, 0.05) is 39.4 Å². The van der Waals surface area contributed by atoms with E-state index in [4.69, 9.17) is 0 Å². The Balaban J connectivity index is 1.83. The van der Waals surface area contributed by atoms with E-state index in [1.54, 1.807) is 0 Å². The maximum Gasteiger partial charge on any atom is 0.240 e. The van der Waals surface area contributed by atoms with Crippen molar-refractivity contribution in [3.63, 3.8) is 0 Å². The predicted molar refractivity (Wildman–Crippen MR) is 104 cm³/mol. The number of para-hydroxylation sites is 1. The first-order valence-electron chi connectivity index (χ1n) is 8.34. The number of hydrogen-bond donors (Lipinski definition) is 1. The van der Waals surface area contributed by atoms with Crippen LogP contribution in [-0.4, -0.2) is 20.3 Å². The van der Waals surface area contributed by atoms with E-state index in [1.807, 2.05) is 62.2 Å². The lowest BCUT2D eigenvalue weighted by molar-refractivity contribution is -0.122. The van der Waals surface area contributed by atoms with E-state index in [1.165, 1.54) is 0 Å². The molecule has 1 amide bonds. The van der Waals surface area contributed by atoms with Crippen molar-refractivity contribution in [2.24, 2.45) is 7.05 Å². The van der Waals surface area contributed by atoms with Crippen molar-refractivity contribution in [1.29, 1.82) is 0 Å². The maximum absolute atomic E-state index is 12.7. The van der Waals surface area contributed by atoms with Gasteiger partial charge >= 0.3 is 0 Å². The molecule has 0 spiro atoms. The first-order chi connectivity index (χ1) is 11.8. The third-order valence-electron chi connectivity index (χ3n) is 4.83. The molecule has 2 heterocycles. The number of nitrogens with zero attached hydrogens (tertiary/aromatic N) is 3. The number of aryl methyl sites for hydroxylation is 2. The van der Waals surface area contributed by atoms with Gasteiger partial charge in [-0.1, -0.05) is 18.2 Å². The molecule has 5 nitrogen and oxygen atoms in total. The van der Waals surface area contributed by atoms with Crippen molar-refractivity contribution in [3.05, 3.63) is 51.4 Å². The predicted octanol–water partition coefficient (Wildman–Crippen LogP) is 3.94. The number of carbonyl (C=O) groups is 1. The van der Waals surface area contributed by atoms with Crippen molar-refractivity contribution < 1.29 is 4.79 Å². The van der Waals surface area contributed by atoms with Crippen LogP contribution in [0.5, 0.6) is 0 Å². The van der Waals surface area contributed by atoms with Crippen LogP contribution in [0.4, 0.5) is 0 Å². The minimum Gasteiger partial charge on any atom is -0.348 e. The molecule has 1 aromatic carbocycles. The van der Waals surface area contributed by atoms with E-state index in [9.17, 15) is 4.79 Å². The average molecular weight is 403 g/mol. The summed E-state index contributed by atoms with van der Waals surface area (Å²) in [5, 5.41) is 8.67. The summed E-state index contributed by atoms with van der Waals surface area (Å²) in [6.07, 6.45) is 0. The highest BCUT2D eigenvalue weighted by Gasteiger charge is 2.19. The summed E-state index contributed by atoms with van der Waals surface area (Å²) in [6, 6.07) is 8.03. The van der Waals surface area contributed by atoms with Crippen molar-refractivity contribution in [2.75, 3.05) is 0 Å². The van der Waals surface area contributed by atoms with Gasteiger partial charge < -0.3 is 9.88 Å². The topological polar surface area (TPSA) is 51.9 Å². The van der Waals surface area contributed by atoms with E-state index >= 15 is 0 Å². The molecule has 0 radical (unpaired) electrons. The summed E-state index contributed by atoms with van der Waals surface area (Å²) >= 11 is 3.64. The standard InChI is InChI=1S/C19H23BrN4O/c1-11(18-12(2)22-23(5)13(18)3)21-17(25)10-24-14(4)19(20)15-8-6-7-9-16(15)24/h6-9,11H,10H2,1-5H3,(H,21,25). The summed E-state index contributed by atoms with van der Waals surface area (Å²) in [7, 11) is 1.92. The monoisotopic (exact) mass is 402 g/mol. The Labute approximate surface area is 156 Å². The van der Waals surface area contributed by atoms with Crippen LogP contribution in [0, 0.1) is 20.8 Å². The Morgan fingerprint density at radius 2 is 1.92 bits per heavy atom. The highest BCUT2D eigenvalue weighted by atomic mass is 79.9. The Morgan fingerprint density at radius 3 is 2.56 bits per heavy atom. The molecule has 6 heteroatoms. The number of rotatable bonds is 4. The van der Waals surface area contributed by atoms with Gasteiger partial charge in [0.15, 0.2) is 0 Å². The third-order valence-corrected chi connectivity index (χ3v) is 5.83. The number of nitrogens with one attached hydrogen (secondary N) is 1. The fourth-order valence-corrected chi connectivity index (χ4v) is 4.06. The number of benzene rings is 1. The van der Waals surface area contributed by atoms with Crippen LogP contribution in [0.2, 0.25) is 0 Å². The third kappa shape index (κ3) is 3.11. The number of amides is 1. The van der Waals surface area contributed by atoms with E-state index in [0.29, 0.717) is 6.54 Å². The molecule has 0 fully saturated rings. The Kier molecular flexibility index (Phi) is 4.73. The van der Waals surface area contributed by atoms with Crippen LogP contribution in [0.15, 0.2) is 28.7 Å². The Hall–Kier alpha value is -2.08. The van der Waals surface area contributed by atoms with Gasteiger partial charge in [-0.05, 0) is 49.7 Å². The largest absolute Gasteiger partial charge is 0.348 e. The van der Waals surface area contributed by atoms with Crippen molar-refractivity contribution >= 4 is 32.7 Å². The van der Waals surface area contributed by atoms with E-state index < -0.39 is 0 Å². The summed E-state index contributed by atoms with van der Waals surface area (Å²) in [6.45, 7) is 8.33. The molecule has 0 aliphatic heterocycles. The molecule has 0 aliphatic rings. The molecule has 2 aromatic heterocycles. The van der Waals surface area contributed by atoms with Crippen LogP contribution in [0.25, 0.3) is 10.9 Å². The van der Waals surface area contributed by atoms with Gasteiger partial charge in [0.25, 0.3) is 0 Å². The normalized spacial score (nSPS) is 12.6. The molecule has 3 aromatic rings. The number of hydrogen-bond acceptors (Lipinski definition) is 2. The second-order valence-corrected chi connectivity index (χ2v) is 7.29. The number of carbonyl (C=O) groups excluding carboxylic acids is 1. The molecule has 132 valence electrons. The van der Waals surface area contributed by atoms with Gasteiger partial charge in [0.1, 0.15) is 6.54 Å². The lowest BCUT2D eigenvalue weighted by Crippen LogP contribution is -2.30. The van der Waals surface area contributed by atoms with Gasteiger partial charge in [0.05, 0.1) is 11.7 Å². The molecular formula is C19H23BrN4O. The van der Waals surface area contributed by atoms with Crippen molar-refractivity contribution in [2.45, 2.75) is 40.3 Å². The minimum absolute atomic E-state index is 0.00786. The summed E-state index contributed by atoms with van der Waals surface area (Å²) in [4.78, 5) is 12.7. The highest BCUT2D eigenvalue weighted by molar-refractivity contribution is 9.10. The summed E-state index contributed by atoms with van der Waals surface area (Å²) in [5.74, 6) is -0.00786. The zero-order valence-electron chi connectivity index (χ0n) is 15.2. The van der Waals surface area contributed by atoms with Crippen molar-refractivity contribution in [3.8, 4) is 0 Å². The van der Waals surface area contributed by atoms with Crippen LogP contribution in [-0.2, 0) is 18.4 Å². The smallest absolute Gasteiger partial charge is 0.240 e. The zero-order chi connectivity index (χ0) is 18.3. The average Bonchev–Trinajstić information content (AvgIpc) is 2.95. The second kappa shape index (κ2) is 6.67. The maximum atomic E-state index is 12.7. The first-order valence-corrected chi connectivity index (χ1v) is 9.13. The van der Waals surface area contributed by atoms with Crippen LogP contribution < -0.4 is 5.32 Å². The molecule has 0 saturated heterocycles. The fraction of sp³-hybridized carbons (Fsp3) is 0.368. The molecule has 3 rings (SSSR count). The zero-order valence-corrected chi connectivity index (χ0v) is 16.8. The molecule has 25 heavy (non-hydrogen) atoms. The molecule has 1 N–H and O–H groups in total. The first kappa shape index (κ1) is 17.7. The summed E-state index contributed by atoms with van der Waals surface area (Å²) < 4.78 is 4.95. The van der Waals surface area contributed by atoms with E-state index in [0.717, 1.165) is 38.0 Å². The van der Waals surface area contributed by atoms with E-state index in [-0.39, 0.29) is 11.9 Å². The molecular weight excluding hydrogens is 380 g/mol. The van der Waals surface area contributed by atoms with Crippen LogP contribution in [0.1, 0.15) is 35.6 Å². The lowest BCUT2D eigenvalue weighted by atomic mass is 10.1. The van der Waals surface area contributed by atoms with Gasteiger partial charge in [-0.15, -0.1) is 0 Å². The number of fused-ring (bicyclic) bond motifs is 1. The number of aromatic nitrogens is 3. The highest BCUT2D eigenvalue weighted by Crippen LogP contribution is 2.30. The Bertz CT molecular complexity index is 954. The van der Waals surface area contributed by atoms with Crippen LogP contribution >= 0.6 is 15.9 Å². The fourth-order valence-electron chi connectivity index (χ4n) is 3.51. The molecule has 0 aliphatic carbocycles. The van der Waals surface area contributed by atoms with Crippen LogP contribution in [0.3, 0.4) is 0 Å². The second-order valence-electron chi connectivity index (χ2n) is 6.50.